The van der Waals surface area contributed by atoms with Crippen LogP contribution < -0.4 is 10.6 Å². The Morgan fingerprint density at radius 3 is 2.76 bits per heavy atom. The van der Waals surface area contributed by atoms with Crippen LogP contribution in [-0.2, 0) is 9.59 Å². The fraction of sp³-hybridized carbons (Fsp3) is 0.471. The van der Waals surface area contributed by atoms with Gasteiger partial charge in [0.1, 0.15) is 17.9 Å². The molecule has 3 rings (SSSR count). The molecule has 1 atom stereocenters. The molecule has 0 radical (unpaired) electrons. The number of carbonyl (C=O) groups excluding carboxylic acids is 3. The van der Waals surface area contributed by atoms with E-state index in [4.69, 9.17) is 0 Å². The van der Waals surface area contributed by atoms with E-state index in [2.05, 4.69) is 10.6 Å². The van der Waals surface area contributed by atoms with Crippen LogP contribution in [0.25, 0.3) is 0 Å². The number of amides is 4. The Bertz CT molecular complexity index is 722. The van der Waals surface area contributed by atoms with Crippen LogP contribution in [-0.4, -0.2) is 59.4 Å². The maximum atomic E-state index is 13.5. The highest BCUT2D eigenvalue weighted by Crippen LogP contribution is 2.24. The SMILES string of the molecule is CC1(C)NC(=O)N(CC(=O)N2CCNCC2c2cccc(F)c2)C1=O. The molecule has 2 aliphatic rings. The van der Waals surface area contributed by atoms with Gasteiger partial charge in [0, 0.05) is 19.6 Å². The van der Waals surface area contributed by atoms with E-state index in [1.165, 1.54) is 12.1 Å². The first-order valence-electron chi connectivity index (χ1n) is 8.19. The molecule has 0 saturated carbocycles. The molecular formula is C17H21FN4O3. The molecule has 1 unspecified atom stereocenters. The fourth-order valence-corrected chi connectivity index (χ4v) is 3.20. The van der Waals surface area contributed by atoms with Crippen molar-refractivity contribution in [3.05, 3.63) is 35.6 Å². The van der Waals surface area contributed by atoms with Gasteiger partial charge in [-0.3, -0.25) is 14.5 Å². The van der Waals surface area contributed by atoms with Crippen LogP contribution in [0.1, 0.15) is 25.5 Å². The largest absolute Gasteiger partial charge is 0.332 e. The van der Waals surface area contributed by atoms with Crippen molar-refractivity contribution >= 4 is 17.8 Å². The summed E-state index contributed by atoms with van der Waals surface area (Å²) in [7, 11) is 0. The number of benzene rings is 1. The van der Waals surface area contributed by atoms with E-state index in [1.807, 2.05) is 0 Å². The molecule has 1 aromatic carbocycles. The Labute approximate surface area is 145 Å². The zero-order valence-corrected chi connectivity index (χ0v) is 14.2. The van der Waals surface area contributed by atoms with Crippen molar-refractivity contribution in [3.63, 3.8) is 0 Å². The lowest BCUT2D eigenvalue weighted by atomic mass is 10.0. The second-order valence-corrected chi connectivity index (χ2v) is 6.81. The van der Waals surface area contributed by atoms with Gasteiger partial charge >= 0.3 is 6.03 Å². The summed E-state index contributed by atoms with van der Waals surface area (Å²) < 4.78 is 13.5. The zero-order valence-electron chi connectivity index (χ0n) is 14.2. The van der Waals surface area contributed by atoms with Crippen LogP contribution in [0.3, 0.4) is 0 Å². The highest BCUT2D eigenvalue weighted by Gasteiger charge is 2.45. The third-order valence-electron chi connectivity index (χ3n) is 4.53. The highest BCUT2D eigenvalue weighted by molar-refractivity contribution is 6.08. The summed E-state index contributed by atoms with van der Waals surface area (Å²) in [6.07, 6.45) is 0. The molecule has 134 valence electrons. The minimum Gasteiger partial charge on any atom is -0.332 e. The van der Waals surface area contributed by atoms with Crippen molar-refractivity contribution in [2.75, 3.05) is 26.2 Å². The summed E-state index contributed by atoms with van der Waals surface area (Å²) in [6.45, 7) is 4.38. The Morgan fingerprint density at radius 1 is 1.36 bits per heavy atom. The molecule has 0 aliphatic carbocycles. The number of carbonyl (C=O) groups is 3. The van der Waals surface area contributed by atoms with Gasteiger partial charge in [-0.25, -0.2) is 9.18 Å². The monoisotopic (exact) mass is 348 g/mol. The quantitative estimate of drug-likeness (QED) is 0.785. The molecule has 7 nitrogen and oxygen atoms in total. The second kappa shape index (κ2) is 6.44. The number of piperazine rings is 1. The molecule has 8 heteroatoms. The number of nitrogens with zero attached hydrogens (tertiary/aromatic N) is 2. The van der Waals surface area contributed by atoms with E-state index in [0.29, 0.717) is 25.2 Å². The maximum Gasteiger partial charge on any atom is 0.325 e. The fourth-order valence-electron chi connectivity index (χ4n) is 3.20. The molecule has 2 heterocycles. The Morgan fingerprint density at radius 2 is 2.12 bits per heavy atom. The first kappa shape index (κ1) is 17.3. The lowest BCUT2D eigenvalue weighted by Crippen LogP contribution is -2.52. The number of hydrogen-bond donors (Lipinski definition) is 2. The molecule has 4 amide bonds. The van der Waals surface area contributed by atoms with E-state index in [-0.39, 0.29) is 24.3 Å². The van der Waals surface area contributed by atoms with Crippen LogP contribution in [0.4, 0.5) is 9.18 Å². The van der Waals surface area contributed by atoms with Crippen molar-refractivity contribution < 1.29 is 18.8 Å². The molecule has 25 heavy (non-hydrogen) atoms. The maximum absolute atomic E-state index is 13.5. The number of hydrogen-bond acceptors (Lipinski definition) is 4. The van der Waals surface area contributed by atoms with Gasteiger partial charge < -0.3 is 15.5 Å². The minimum atomic E-state index is -1.01. The van der Waals surface area contributed by atoms with Gasteiger partial charge in [-0.1, -0.05) is 12.1 Å². The summed E-state index contributed by atoms with van der Waals surface area (Å²) in [4.78, 5) is 39.5. The van der Waals surface area contributed by atoms with Gasteiger partial charge in [0.15, 0.2) is 0 Å². The van der Waals surface area contributed by atoms with Gasteiger partial charge in [0.2, 0.25) is 5.91 Å². The van der Waals surface area contributed by atoms with Crippen molar-refractivity contribution in [1.29, 1.82) is 0 Å². The number of halogens is 1. The normalized spacial score (nSPS) is 22.9. The Balaban J connectivity index is 1.78. The van der Waals surface area contributed by atoms with Gasteiger partial charge in [-0.2, -0.15) is 0 Å². The first-order valence-corrected chi connectivity index (χ1v) is 8.19. The molecule has 2 N–H and O–H groups in total. The van der Waals surface area contributed by atoms with Crippen molar-refractivity contribution in [2.24, 2.45) is 0 Å². The number of urea groups is 1. The molecule has 2 saturated heterocycles. The molecular weight excluding hydrogens is 327 g/mol. The van der Waals surface area contributed by atoms with E-state index in [1.54, 1.807) is 30.9 Å². The van der Waals surface area contributed by atoms with Crippen molar-refractivity contribution in [1.82, 2.24) is 20.4 Å². The molecule has 1 aromatic rings. The summed E-state index contributed by atoms with van der Waals surface area (Å²) in [5.41, 5.74) is -0.332. The number of imide groups is 1. The predicted octanol–water partition coefficient (Wildman–Crippen LogP) is 0.629. The summed E-state index contributed by atoms with van der Waals surface area (Å²) in [5, 5.41) is 5.74. The lowest BCUT2D eigenvalue weighted by Gasteiger charge is -2.37. The summed E-state index contributed by atoms with van der Waals surface area (Å²) >= 11 is 0. The van der Waals surface area contributed by atoms with E-state index in [0.717, 1.165) is 4.90 Å². The van der Waals surface area contributed by atoms with Crippen molar-refractivity contribution in [2.45, 2.75) is 25.4 Å². The average Bonchev–Trinajstić information content (AvgIpc) is 2.76. The zero-order chi connectivity index (χ0) is 18.2. The predicted molar refractivity (Wildman–Crippen MR) is 88.0 cm³/mol. The van der Waals surface area contributed by atoms with E-state index >= 15 is 0 Å². The van der Waals surface area contributed by atoms with E-state index < -0.39 is 17.5 Å². The van der Waals surface area contributed by atoms with Crippen LogP contribution in [0, 0.1) is 5.82 Å². The Kier molecular flexibility index (Phi) is 4.47. The van der Waals surface area contributed by atoms with Gasteiger partial charge in [0.05, 0.1) is 6.04 Å². The molecule has 2 aliphatic heterocycles. The molecule has 0 spiro atoms. The van der Waals surface area contributed by atoms with Crippen LogP contribution >= 0.6 is 0 Å². The van der Waals surface area contributed by atoms with Crippen LogP contribution in [0.15, 0.2) is 24.3 Å². The van der Waals surface area contributed by atoms with Crippen molar-refractivity contribution in [3.8, 4) is 0 Å². The third kappa shape index (κ3) is 3.34. The second-order valence-electron chi connectivity index (χ2n) is 6.81. The Hall–Kier alpha value is -2.48. The van der Waals surface area contributed by atoms with Gasteiger partial charge in [-0.15, -0.1) is 0 Å². The molecule has 2 fully saturated rings. The number of rotatable bonds is 3. The smallest absolute Gasteiger partial charge is 0.325 e. The highest BCUT2D eigenvalue weighted by atomic mass is 19.1. The molecule has 0 aromatic heterocycles. The average molecular weight is 348 g/mol. The van der Waals surface area contributed by atoms with E-state index in [9.17, 15) is 18.8 Å². The van der Waals surface area contributed by atoms with Crippen LogP contribution in [0.5, 0.6) is 0 Å². The molecule has 0 bridgehead atoms. The topological polar surface area (TPSA) is 81.8 Å². The number of nitrogens with one attached hydrogen (secondary N) is 2. The minimum absolute atomic E-state index is 0.320. The van der Waals surface area contributed by atoms with Gasteiger partial charge in [0.25, 0.3) is 5.91 Å². The van der Waals surface area contributed by atoms with Gasteiger partial charge in [-0.05, 0) is 31.5 Å². The summed E-state index contributed by atoms with van der Waals surface area (Å²) in [6, 6.07) is 5.20. The third-order valence-corrected chi connectivity index (χ3v) is 4.53. The standard InChI is InChI=1S/C17H21FN4O3/c1-17(2)15(24)22(16(25)20-17)10-14(23)21-7-6-19-9-13(21)11-4-3-5-12(18)8-11/h3-5,8,13,19H,6-7,9-10H2,1-2H3,(H,20,25). The summed E-state index contributed by atoms with van der Waals surface area (Å²) in [5.74, 6) is -1.13. The lowest BCUT2D eigenvalue weighted by molar-refractivity contribution is -0.140. The van der Waals surface area contributed by atoms with Crippen LogP contribution in [0.2, 0.25) is 0 Å². The first-order chi connectivity index (χ1) is 11.8.